The summed E-state index contributed by atoms with van der Waals surface area (Å²) in [7, 11) is 0. The monoisotopic (exact) mass is 285 g/mol. The van der Waals surface area contributed by atoms with Crippen LogP contribution >= 0.6 is 0 Å². The fourth-order valence-corrected chi connectivity index (χ4v) is 2.23. The van der Waals surface area contributed by atoms with Gasteiger partial charge in [0.05, 0.1) is 0 Å². The summed E-state index contributed by atoms with van der Waals surface area (Å²) in [5.41, 5.74) is -0.403. The lowest BCUT2D eigenvalue weighted by Crippen LogP contribution is -2.60. The van der Waals surface area contributed by atoms with Gasteiger partial charge in [0.2, 0.25) is 0 Å². The van der Waals surface area contributed by atoms with E-state index >= 15 is 0 Å². The normalized spacial score (nSPS) is 16.4. The highest BCUT2D eigenvalue weighted by Gasteiger charge is 2.33. The smallest absolute Gasteiger partial charge is 0.410 e. The number of ether oxygens (including phenoxy) is 1. The topological polar surface area (TPSA) is 44.8 Å². The largest absolute Gasteiger partial charge is 0.444 e. The summed E-state index contributed by atoms with van der Waals surface area (Å²) < 4.78 is 5.33. The van der Waals surface area contributed by atoms with Crippen molar-refractivity contribution in [1.29, 1.82) is 0 Å². The molecule has 0 aromatic rings. The van der Waals surface area contributed by atoms with E-state index in [0.29, 0.717) is 6.04 Å². The maximum atomic E-state index is 11.8. The second-order valence-electron chi connectivity index (χ2n) is 6.42. The molecule has 5 heteroatoms. The Bertz CT molecular complexity index is 292. The van der Waals surface area contributed by atoms with Crippen LogP contribution in [0, 0.1) is 0 Å². The van der Waals surface area contributed by atoms with E-state index in [1.807, 2.05) is 20.8 Å². The van der Waals surface area contributed by atoms with Crippen LogP contribution in [0.1, 0.15) is 41.0 Å². The van der Waals surface area contributed by atoms with Crippen LogP contribution in [0.15, 0.2) is 0 Å². The highest BCUT2D eigenvalue weighted by atomic mass is 16.6. The molecule has 1 rings (SSSR count). The molecule has 1 saturated heterocycles. The van der Waals surface area contributed by atoms with Crippen LogP contribution in [0.4, 0.5) is 4.79 Å². The van der Waals surface area contributed by atoms with Crippen molar-refractivity contribution in [1.82, 2.24) is 15.1 Å². The predicted molar refractivity (Wildman–Crippen MR) is 82.0 cm³/mol. The lowest BCUT2D eigenvalue weighted by atomic mass is 10.1. The van der Waals surface area contributed by atoms with Gasteiger partial charge in [0.1, 0.15) is 5.60 Å². The Morgan fingerprint density at radius 1 is 1.30 bits per heavy atom. The molecule has 0 aromatic carbocycles. The third kappa shape index (κ3) is 6.09. The van der Waals surface area contributed by atoms with Crippen LogP contribution < -0.4 is 5.32 Å². The van der Waals surface area contributed by atoms with Gasteiger partial charge in [-0.3, -0.25) is 0 Å². The number of carbonyl (C=O) groups is 1. The molecule has 0 aromatic heterocycles. The van der Waals surface area contributed by atoms with E-state index in [1.165, 1.54) is 0 Å². The molecule has 20 heavy (non-hydrogen) atoms. The molecular weight excluding hydrogens is 254 g/mol. The highest BCUT2D eigenvalue weighted by Crippen LogP contribution is 2.15. The number of hydrogen-bond donors (Lipinski definition) is 1. The van der Waals surface area contributed by atoms with Gasteiger partial charge >= 0.3 is 6.09 Å². The Morgan fingerprint density at radius 3 is 2.40 bits per heavy atom. The van der Waals surface area contributed by atoms with Crippen molar-refractivity contribution in [3.05, 3.63) is 0 Å². The molecule has 1 heterocycles. The molecule has 0 bridgehead atoms. The average molecular weight is 285 g/mol. The second-order valence-corrected chi connectivity index (χ2v) is 6.42. The Balaban J connectivity index is 2.06. The van der Waals surface area contributed by atoms with Gasteiger partial charge in [0.25, 0.3) is 0 Å². The molecule has 1 N–H and O–H groups in total. The third-order valence-corrected chi connectivity index (χ3v) is 3.51. The molecule has 0 atom stereocenters. The second kappa shape index (κ2) is 7.84. The van der Waals surface area contributed by atoms with Crippen LogP contribution in [0.5, 0.6) is 0 Å². The van der Waals surface area contributed by atoms with Gasteiger partial charge < -0.3 is 19.9 Å². The molecule has 118 valence electrons. The van der Waals surface area contributed by atoms with Crippen LogP contribution in [0.2, 0.25) is 0 Å². The number of nitrogens with one attached hydrogen (secondary N) is 1. The average Bonchev–Trinajstić information content (AvgIpc) is 2.28. The molecule has 5 nitrogen and oxygen atoms in total. The van der Waals surface area contributed by atoms with Gasteiger partial charge in [-0.2, -0.15) is 0 Å². The maximum Gasteiger partial charge on any atom is 0.410 e. The number of rotatable bonds is 7. The number of likely N-dealkylation sites (tertiary alicyclic amines) is 1. The van der Waals surface area contributed by atoms with Crippen molar-refractivity contribution in [2.45, 2.75) is 52.7 Å². The van der Waals surface area contributed by atoms with E-state index in [0.717, 1.165) is 45.7 Å². The Kier molecular flexibility index (Phi) is 6.76. The highest BCUT2D eigenvalue weighted by molar-refractivity contribution is 5.69. The molecule has 1 aliphatic heterocycles. The first kappa shape index (κ1) is 17.2. The molecule has 0 saturated carbocycles. The van der Waals surface area contributed by atoms with Gasteiger partial charge in [-0.25, -0.2) is 4.79 Å². The van der Waals surface area contributed by atoms with Crippen molar-refractivity contribution in [2.75, 3.05) is 39.3 Å². The lowest BCUT2D eigenvalue weighted by Gasteiger charge is -2.40. The van der Waals surface area contributed by atoms with Crippen LogP contribution in [-0.2, 0) is 4.74 Å². The molecule has 0 aliphatic carbocycles. The molecular formula is C15H31N3O2. The summed E-state index contributed by atoms with van der Waals surface area (Å²) in [5.74, 6) is 0. The van der Waals surface area contributed by atoms with E-state index in [9.17, 15) is 4.79 Å². The van der Waals surface area contributed by atoms with Gasteiger partial charge in [-0.1, -0.05) is 13.8 Å². The zero-order valence-electron chi connectivity index (χ0n) is 13.7. The van der Waals surface area contributed by atoms with E-state index < -0.39 is 5.60 Å². The Morgan fingerprint density at radius 2 is 1.90 bits per heavy atom. The van der Waals surface area contributed by atoms with Crippen LogP contribution in [0.25, 0.3) is 0 Å². The fourth-order valence-electron chi connectivity index (χ4n) is 2.23. The minimum atomic E-state index is -0.403. The first-order valence-electron chi connectivity index (χ1n) is 7.79. The van der Waals surface area contributed by atoms with Crippen molar-refractivity contribution in [3.63, 3.8) is 0 Å². The molecule has 0 unspecified atom stereocenters. The molecule has 1 aliphatic rings. The minimum Gasteiger partial charge on any atom is -0.444 e. The van der Waals surface area contributed by atoms with Gasteiger partial charge in [0.15, 0.2) is 0 Å². The summed E-state index contributed by atoms with van der Waals surface area (Å²) in [6, 6.07) is 0.430. The number of hydrogen-bond acceptors (Lipinski definition) is 4. The number of carbonyl (C=O) groups excluding carboxylic acids is 1. The van der Waals surface area contributed by atoms with Crippen molar-refractivity contribution in [2.24, 2.45) is 0 Å². The zero-order chi connectivity index (χ0) is 15.2. The van der Waals surface area contributed by atoms with Crippen molar-refractivity contribution < 1.29 is 9.53 Å². The van der Waals surface area contributed by atoms with E-state index in [4.69, 9.17) is 4.74 Å². The molecule has 1 amide bonds. The van der Waals surface area contributed by atoms with E-state index in [-0.39, 0.29) is 6.09 Å². The first-order valence-corrected chi connectivity index (χ1v) is 7.79. The Hall–Kier alpha value is -0.810. The summed E-state index contributed by atoms with van der Waals surface area (Å²) >= 11 is 0. The Labute approximate surface area is 123 Å². The summed E-state index contributed by atoms with van der Waals surface area (Å²) in [6.07, 6.45) is 0.962. The third-order valence-electron chi connectivity index (χ3n) is 3.51. The standard InChI is InChI=1S/C15H31N3O2/c1-6-17(7-2)10-8-9-16-13-11-18(12-13)14(19)20-15(3,4)5/h13,16H,6-12H2,1-5H3. The number of amides is 1. The van der Waals surface area contributed by atoms with E-state index in [2.05, 4.69) is 24.1 Å². The van der Waals surface area contributed by atoms with E-state index in [1.54, 1.807) is 4.90 Å². The maximum absolute atomic E-state index is 11.8. The predicted octanol–water partition coefficient (Wildman–Crippen LogP) is 1.93. The summed E-state index contributed by atoms with van der Waals surface area (Å²) in [5, 5.41) is 3.49. The molecule has 1 fully saturated rings. The SMILES string of the molecule is CCN(CC)CCCNC1CN(C(=O)OC(C)(C)C)C1. The van der Waals surface area contributed by atoms with Gasteiger partial charge in [0, 0.05) is 19.1 Å². The quantitative estimate of drug-likeness (QED) is 0.726. The van der Waals surface area contributed by atoms with Gasteiger partial charge in [-0.05, 0) is 53.4 Å². The van der Waals surface area contributed by atoms with Crippen molar-refractivity contribution >= 4 is 6.09 Å². The van der Waals surface area contributed by atoms with Gasteiger partial charge in [-0.15, -0.1) is 0 Å². The summed E-state index contributed by atoms with van der Waals surface area (Å²) in [6.45, 7) is 16.0. The molecule has 0 spiro atoms. The number of nitrogens with zero attached hydrogens (tertiary/aromatic N) is 2. The minimum absolute atomic E-state index is 0.196. The lowest BCUT2D eigenvalue weighted by molar-refractivity contribution is 0.00531. The van der Waals surface area contributed by atoms with Crippen molar-refractivity contribution in [3.8, 4) is 0 Å². The molecule has 0 radical (unpaired) electrons. The first-order chi connectivity index (χ1) is 9.35. The zero-order valence-corrected chi connectivity index (χ0v) is 13.7. The van der Waals surface area contributed by atoms with Crippen LogP contribution in [-0.4, -0.2) is 66.8 Å². The van der Waals surface area contributed by atoms with Crippen LogP contribution in [0.3, 0.4) is 0 Å². The summed E-state index contributed by atoms with van der Waals surface area (Å²) in [4.78, 5) is 15.9. The fraction of sp³-hybridized carbons (Fsp3) is 0.933.